The van der Waals surface area contributed by atoms with Crippen molar-refractivity contribution in [2.45, 2.75) is 19.3 Å². The molecular weight excluding hydrogens is 729 g/mol. The highest BCUT2D eigenvalue weighted by molar-refractivity contribution is 6.15. The minimum Gasteiger partial charge on any atom is -0.455 e. The molecule has 0 spiro atoms. The van der Waals surface area contributed by atoms with E-state index in [1.54, 1.807) is 0 Å². The van der Waals surface area contributed by atoms with Crippen molar-refractivity contribution in [3.8, 4) is 67.3 Å². The van der Waals surface area contributed by atoms with Crippen LogP contribution in [0.5, 0.6) is 0 Å². The van der Waals surface area contributed by atoms with Gasteiger partial charge in [0.1, 0.15) is 11.2 Å². The van der Waals surface area contributed by atoms with Crippen LogP contribution in [0.1, 0.15) is 25.0 Å². The Morgan fingerprint density at radius 2 is 1.05 bits per heavy atom. The fraction of sp³-hybridized carbons (Fsp3) is 0.0526. The zero-order chi connectivity index (χ0) is 40.0. The van der Waals surface area contributed by atoms with Gasteiger partial charge in [-0.25, -0.2) is 9.97 Å². The van der Waals surface area contributed by atoms with E-state index in [2.05, 4.69) is 190 Å². The van der Waals surface area contributed by atoms with Gasteiger partial charge in [-0.3, -0.25) is 0 Å². The quantitative estimate of drug-likeness (QED) is 0.175. The van der Waals surface area contributed by atoms with E-state index in [9.17, 15) is 0 Å². The molecule has 2 aromatic heterocycles. The first-order valence-electron chi connectivity index (χ1n) is 20.6. The number of rotatable bonds is 5. The average molecular weight is 767 g/mol. The van der Waals surface area contributed by atoms with Crippen molar-refractivity contribution >= 4 is 43.5 Å². The summed E-state index contributed by atoms with van der Waals surface area (Å²) in [5.41, 5.74) is 16.4. The molecule has 60 heavy (non-hydrogen) atoms. The Kier molecular flexibility index (Phi) is 7.58. The second kappa shape index (κ2) is 13.2. The number of fused-ring (bicyclic) bond motifs is 9. The molecular formula is C57H38N2O. The van der Waals surface area contributed by atoms with Crippen LogP contribution in [-0.2, 0) is 5.41 Å². The van der Waals surface area contributed by atoms with Crippen molar-refractivity contribution < 1.29 is 4.42 Å². The lowest BCUT2D eigenvalue weighted by Gasteiger charge is -2.22. The molecule has 0 saturated heterocycles. The summed E-state index contributed by atoms with van der Waals surface area (Å²) in [6.45, 7) is 4.71. The fourth-order valence-corrected chi connectivity index (χ4v) is 9.64. The van der Waals surface area contributed by atoms with Gasteiger partial charge in [-0.15, -0.1) is 0 Å². The average Bonchev–Trinajstić information content (AvgIpc) is 3.79. The van der Waals surface area contributed by atoms with Crippen LogP contribution in [0.25, 0.3) is 111 Å². The Balaban J connectivity index is 1.01. The van der Waals surface area contributed by atoms with Gasteiger partial charge in [0.25, 0.3) is 0 Å². The van der Waals surface area contributed by atoms with Gasteiger partial charge >= 0.3 is 0 Å². The van der Waals surface area contributed by atoms with Gasteiger partial charge in [-0.1, -0.05) is 166 Å². The normalized spacial score (nSPS) is 13.0. The van der Waals surface area contributed by atoms with E-state index >= 15 is 0 Å². The molecule has 0 amide bonds. The van der Waals surface area contributed by atoms with Gasteiger partial charge in [0, 0.05) is 38.3 Å². The highest BCUT2D eigenvalue weighted by Gasteiger charge is 2.37. The first-order valence-corrected chi connectivity index (χ1v) is 20.6. The highest BCUT2D eigenvalue weighted by atomic mass is 16.3. The second-order valence-electron chi connectivity index (χ2n) is 16.5. The second-order valence-corrected chi connectivity index (χ2v) is 16.5. The smallest absolute Gasteiger partial charge is 0.160 e. The third-order valence-electron chi connectivity index (χ3n) is 12.7. The third kappa shape index (κ3) is 5.36. The Morgan fingerprint density at radius 3 is 1.92 bits per heavy atom. The maximum Gasteiger partial charge on any atom is 0.160 e. The summed E-state index contributed by atoms with van der Waals surface area (Å²) < 4.78 is 6.49. The molecule has 0 N–H and O–H groups in total. The topological polar surface area (TPSA) is 38.9 Å². The number of nitrogens with zero attached hydrogens (tertiary/aromatic N) is 2. The van der Waals surface area contributed by atoms with E-state index in [0.29, 0.717) is 5.82 Å². The van der Waals surface area contributed by atoms with Gasteiger partial charge in [0.2, 0.25) is 0 Å². The van der Waals surface area contributed by atoms with Gasteiger partial charge in [-0.05, 0) is 103 Å². The summed E-state index contributed by atoms with van der Waals surface area (Å²) in [5.74, 6) is 0.689. The number of furan rings is 1. The molecule has 0 unspecified atom stereocenters. The van der Waals surface area contributed by atoms with Crippen LogP contribution in [0.15, 0.2) is 199 Å². The SMILES string of the molecule is CC1(C)c2cc3ccccc3cc2-c2c(-c3cccc(-c4cc(-c5ccccc5-c5ccc6oc7c8ccccc8ccc7c6c5)nc(-c5ccccc5)n4)c3)cccc21. The van der Waals surface area contributed by atoms with Crippen LogP contribution >= 0.6 is 0 Å². The molecule has 9 aromatic carbocycles. The first kappa shape index (κ1) is 34.4. The van der Waals surface area contributed by atoms with Crippen LogP contribution in [-0.4, -0.2) is 9.97 Å². The molecule has 11 aromatic rings. The van der Waals surface area contributed by atoms with Crippen LogP contribution in [0, 0.1) is 0 Å². The van der Waals surface area contributed by atoms with Crippen molar-refractivity contribution in [2.75, 3.05) is 0 Å². The van der Waals surface area contributed by atoms with Crippen LogP contribution in [0.3, 0.4) is 0 Å². The predicted molar refractivity (Wildman–Crippen MR) is 249 cm³/mol. The summed E-state index contributed by atoms with van der Waals surface area (Å²) in [5, 5.41) is 7.04. The Morgan fingerprint density at radius 1 is 0.383 bits per heavy atom. The van der Waals surface area contributed by atoms with E-state index in [1.807, 2.05) is 18.2 Å². The Hall–Kier alpha value is -7.62. The Labute approximate surface area is 348 Å². The van der Waals surface area contributed by atoms with Crippen molar-refractivity contribution in [2.24, 2.45) is 0 Å². The Bertz CT molecular complexity index is 3520. The van der Waals surface area contributed by atoms with E-state index in [0.717, 1.165) is 72.1 Å². The van der Waals surface area contributed by atoms with Gasteiger partial charge < -0.3 is 4.42 Å². The standard InChI is InChI=1S/C57H38N2O/c1-57(2)49-25-13-24-43(54(49)48-31-37-17-6-7-18-38(37)33-50(48)57)39-19-12-20-41(30-39)51-34-52(59-56(58-51)36-15-4-3-5-16-36)45-23-11-10-21-42(45)40-27-29-53-47(32-40)46-28-26-35-14-8-9-22-44(35)55(46)60-53/h3-34H,1-2H3. The number of hydrogen-bond acceptors (Lipinski definition) is 3. The van der Waals surface area contributed by atoms with E-state index in [4.69, 9.17) is 14.4 Å². The summed E-state index contributed by atoms with van der Waals surface area (Å²) in [4.78, 5) is 10.6. The summed E-state index contributed by atoms with van der Waals surface area (Å²) in [6, 6.07) is 69.5. The lowest BCUT2D eigenvalue weighted by molar-refractivity contribution is 0.661. The zero-order valence-electron chi connectivity index (χ0n) is 33.3. The highest BCUT2D eigenvalue weighted by Crippen LogP contribution is 2.53. The summed E-state index contributed by atoms with van der Waals surface area (Å²) in [6.07, 6.45) is 0. The molecule has 3 heteroatoms. The molecule has 1 aliphatic rings. The molecule has 12 rings (SSSR count). The lowest BCUT2D eigenvalue weighted by atomic mass is 9.81. The molecule has 282 valence electrons. The minimum atomic E-state index is -0.120. The van der Waals surface area contributed by atoms with Gasteiger partial charge in [-0.2, -0.15) is 0 Å². The summed E-state index contributed by atoms with van der Waals surface area (Å²) in [7, 11) is 0. The maximum atomic E-state index is 6.49. The number of hydrogen-bond donors (Lipinski definition) is 0. The fourth-order valence-electron chi connectivity index (χ4n) is 9.64. The number of aromatic nitrogens is 2. The molecule has 3 nitrogen and oxygen atoms in total. The molecule has 1 aliphatic carbocycles. The van der Waals surface area contributed by atoms with Gasteiger partial charge in [0.05, 0.1) is 11.4 Å². The summed E-state index contributed by atoms with van der Waals surface area (Å²) >= 11 is 0. The van der Waals surface area contributed by atoms with Crippen molar-refractivity contribution in [1.29, 1.82) is 0 Å². The molecule has 0 aliphatic heterocycles. The van der Waals surface area contributed by atoms with Crippen molar-refractivity contribution in [3.05, 3.63) is 205 Å². The largest absolute Gasteiger partial charge is 0.455 e. The zero-order valence-corrected chi connectivity index (χ0v) is 33.3. The predicted octanol–water partition coefficient (Wildman–Crippen LogP) is 15.3. The molecule has 0 fully saturated rings. The van der Waals surface area contributed by atoms with Crippen LogP contribution in [0.4, 0.5) is 0 Å². The molecule has 0 saturated carbocycles. The monoisotopic (exact) mass is 766 g/mol. The first-order chi connectivity index (χ1) is 29.5. The lowest BCUT2D eigenvalue weighted by Crippen LogP contribution is -2.14. The van der Waals surface area contributed by atoms with Crippen LogP contribution < -0.4 is 0 Å². The molecule has 0 bridgehead atoms. The molecule has 0 atom stereocenters. The van der Waals surface area contributed by atoms with Gasteiger partial charge in [0.15, 0.2) is 5.82 Å². The molecule has 0 radical (unpaired) electrons. The maximum absolute atomic E-state index is 6.49. The van der Waals surface area contributed by atoms with E-state index in [1.165, 1.54) is 44.0 Å². The minimum absolute atomic E-state index is 0.120. The number of benzene rings is 9. The van der Waals surface area contributed by atoms with Crippen molar-refractivity contribution in [1.82, 2.24) is 9.97 Å². The third-order valence-corrected chi connectivity index (χ3v) is 12.7. The van der Waals surface area contributed by atoms with Crippen molar-refractivity contribution in [3.63, 3.8) is 0 Å². The molecule has 2 heterocycles. The van der Waals surface area contributed by atoms with E-state index in [-0.39, 0.29) is 5.41 Å². The van der Waals surface area contributed by atoms with Crippen LogP contribution in [0.2, 0.25) is 0 Å². The van der Waals surface area contributed by atoms with E-state index < -0.39 is 0 Å².